The monoisotopic (exact) mass is 440 g/mol. The Morgan fingerprint density at radius 2 is 1.21 bits per heavy atom. The van der Waals surface area contributed by atoms with Gasteiger partial charge in [-0.25, -0.2) is 0 Å². The first-order valence-corrected chi connectivity index (χ1v) is 11.6. The number of benzene rings is 3. The Labute approximate surface area is 200 Å². The largest absolute Gasteiger partial charge is 0.310 e. The van der Waals surface area contributed by atoms with E-state index in [1.165, 1.54) is 27.2 Å². The fourth-order valence-corrected chi connectivity index (χ4v) is 4.94. The van der Waals surface area contributed by atoms with Gasteiger partial charge in [-0.15, -0.1) is 0 Å². The summed E-state index contributed by atoms with van der Waals surface area (Å²) in [5.74, 6) is 0. The number of aromatic nitrogens is 2. The second kappa shape index (κ2) is 8.92. The molecule has 5 aromatic rings. The van der Waals surface area contributed by atoms with Gasteiger partial charge in [0, 0.05) is 33.1 Å². The summed E-state index contributed by atoms with van der Waals surface area (Å²) < 4.78 is 4.61. The molecule has 0 aliphatic rings. The third-order valence-corrected chi connectivity index (χ3v) is 6.38. The minimum Gasteiger partial charge on any atom is -0.310 e. The van der Waals surface area contributed by atoms with Crippen LogP contribution >= 0.6 is 0 Å². The predicted octanol–water partition coefficient (Wildman–Crippen LogP) is 9.01. The number of hydrogen-bond donors (Lipinski definition) is 0. The van der Waals surface area contributed by atoms with Crippen LogP contribution in [-0.4, -0.2) is 9.13 Å². The summed E-state index contributed by atoms with van der Waals surface area (Å²) in [6, 6.07) is 25.6. The van der Waals surface area contributed by atoms with Gasteiger partial charge >= 0.3 is 0 Å². The first kappa shape index (κ1) is 21.5. The van der Waals surface area contributed by atoms with E-state index >= 15 is 0 Å². The summed E-state index contributed by atoms with van der Waals surface area (Å²) >= 11 is 0. The van der Waals surface area contributed by atoms with Crippen molar-refractivity contribution in [1.29, 1.82) is 0 Å². The van der Waals surface area contributed by atoms with Crippen molar-refractivity contribution in [2.24, 2.45) is 0 Å². The van der Waals surface area contributed by atoms with E-state index in [0.29, 0.717) is 0 Å². The van der Waals surface area contributed by atoms with E-state index in [4.69, 9.17) is 0 Å². The van der Waals surface area contributed by atoms with E-state index in [9.17, 15) is 0 Å². The van der Waals surface area contributed by atoms with Crippen LogP contribution in [0, 0.1) is 0 Å². The first-order valence-electron chi connectivity index (χ1n) is 11.6. The molecule has 0 aliphatic heterocycles. The number of allylic oxidation sites excluding steroid dienone is 6. The van der Waals surface area contributed by atoms with Gasteiger partial charge in [-0.1, -0.05) is 86.0 Å². The van der Waals surface area contributed by atoms with Crippen LogP contribution in [-0.2, 0) is 0 Å². The van der Waals surface area contributed by atoms with E-state index in [2.05, 4.69) is 126 Å². The molecule has 166 valence electrons. The van der Waals surface area contributed by atoms with Gasteiger partial charge in [-0.05, 0) is 50.3 Å². The van der Waals surface area contributed by atoms with Gasteiger partial charge in [-0.3, -0.25) is 0 Å². The normalized spacial score (nSPS) is 12.9. The van der Waals surface area contributed by atoms with Crippen LogP contribution in [0.3, 0.4) is 0 Å². The van der Waals surface area contributed by atoms with Crippen molar-refractivity contribution in [2.75, 3.05) is 0 Å². The highest BCUT2D eigenvalue weighted by Crippen LogP contribution is 2.35. The summed E-state index contributed by atoms with van der Waals surface area (Å²) in [4.78, 5) is 0. The Bertz CT molecular complexity index is 1590. The molecule has 0 aliphatic carbocycles. The molecule has 3 aromatic carbocycles. The van der Waals surface area contributed by atoms with Gasteiger partial charge in [0.05, 0.1) is 22.2 Å². The fraction of sp³-hybridized carbons (Fsp3) is 0.0625. The molecular weight excluding hydrogens is 412 g/mol. The zero-order chi connectivity index (χ0) is 23.7. The lowest BCUT2D eigenvalue weighted by atomic mass is 10.1. The number of fused-ring (bicyclic) bond motifs is 4. The minimum absolute atomic E-state index is 1.01. The van der Waals surface area contributed by atoms with Crippen LogP contribution in [0.5, 0.6) is 0 Å². The Kier molecular flexibility index (Phi) is 5.65. The maximum absolute atomic E-state index is 4.20. The Hall–Kier alpha value is -4.30. The molecule has 0 bridgehead atoms. The second-order valence-corrected chi connectivity index (χ2v) is 8.21. The van der Waals surface area contributed by atoms with Crippen molar-refractivity contribution in [1.82, 2.24) is 9.13 Å². The van der Waals surface area contributed by atoms with Gasteiger partial charge < -0.3 is 9.13 Å². The third-order valence-electron chi connectivity index (χ3n) is 6.38. The van der Waals surface area contributed by atoms with Gasteiger partial charge in [0.1, 0.15) is 0 Å². The molecule has 0 atom stereocenters. The zero-order valence-corrected chi connectivity index (χ0v) is 19.7. The van der Waals surface area contributed by atoms with Crippen LogP contribution in [0.25, 0.3) is 56.3 Å². The molecule has 0 amide bonds. The van der Waals surface area contributed by atoms with Gasteiger partial charge in [0.25, 0.3) is 0 Å². The van der Waals surface area contributed by atoms with Crippen molar-refractivity contribution in [2.45, 2.75) is 13.8 Å². The predicted molar refractivity (Wildman–Crippen MR) is 151 cm³/mol. The maximum Gasteiger partial charge on any atom is 0.0541 e. The highest BCUT2D eigenvalue weighted by molar-refractivity contribution is 6.10. The van der Waals surface area contributed by atoms with E-state index in [1.807, 2.05) is 19.1 Å². The molecule has 0 fully saturated rings. The molecule has 5 rings (SSSR count). The van der Waals surface area contributed by atoms with Crippen LogP contribution < -0.4 is 0 Å². The average molecular weight is 441 g/mol. The summed E-state index contributed by atoms with van der Waals surface area (Å²) in [6.07, 6.45) is 12.5. The molecule has 2 heterocycles. The maximum atomic E-state index is 4.20. The van der Waals surface area contributed by atoms with E-state index in [0.717, 1.165) is 28.2 Å². The second-order valence-electron chi connectivity index (χ2n) is 8.21. The number of nitrogens with zero attached hydrogens (tertiary/aromatic N) is 2. The SMILES string of the molecule is C=C/C(=C\C(=C/C)n1c2ccccc2c2ccccc21)n1c(/C=C\C)c(C=C)c2ccccc21. The van der Waals surface area contributed by atoms with Gasteiger partial charge in [0.2, 0.25) is 0 Å². The number of para-hydroxylation sites is 3. The van der Waals surface area contributed by atoms with Crippen molar-refractivity contribution in [3.63, 3.8) is 0 Å². The van der Waals surface area contributed by atoms with E-state index in [1.54, 1.807) is 0 Å². The molecule has 0 saturated heterocycles. The highest BCUT2D eigenvalue weighted by Gasteiger charge is 2.16. The van der Waals surface area contributed by atoms with Gasteiger partial charge in [-0.2, -0.15) is 0 Å². The number of hydrogen-bond acceptors (Lipinski definition) is 0. The summed E-state index contributed by atoms with van der Waals surface area (Å²) in [5.41, 5.74) is 7.84. The van der Waals surface area contributed by atoms with Crippen LogP contribution in [0.15, 0.2) is 110 Å². The molecular formula is C32H28N2. The Morgan fingerprint density at radius 1 is 0.676 bits per heavy atom. The van der Waals surface area contributed by atoms with E-state index in [-0.39, 0.29) is 0 Å². The first-order chi connectivity index (χ1) is 16.7. The van der Waals surface area contributed by atoms with Crippen molar-refractivity contribution < 1.29 is 0 Å². The molecule has 0 radical (unpaired) electrons. The molecule has 0 unspecified atom stereocenters. The average Bonchev–Trinajstić information content (AvgIpc) is 3.38. The van der Waals surface area contributed by atoms with Crippen LogP contribution in [0.4, 0.5) is 0 Å². The highest BCUT2D eigenvalue weighted by atomic mass is 15.0. The molecule has 0 saturated carbocycles. The quantitative estimate of drug-likeness (QED) is 0.233. The van der Waals surface area contributed by atoms with Crippen LogP contribution in [0.2, 0.25) is 0 Å². The minimum atomic E-state index is 1.01. The molecule has 2 heteroatoms. The zero-order valence-electron chi connectivity index (χ0n) is 19.7. The van der Waals surface area contributed by atoms with E-state index < -0.39 is 0 Å². The third kappa shape index (κ3) is 3.27. The number of rotatable bonds is 6. The van der Waals surface area contributed by atoms with Crippen molar-refractivity contribution >= 4 is 56.3 Å². The van der Waals surface area contributed by atoms with Crippen LogP contribution in [0.1, 0.15) is 25.1 Å². The fourth-order valence-electron chi connectivity index (χ4n) is 4.94. The van der Waals surface area contributed by atoms with Gasteiger partial charge in [0.15, 0.2) is 0 Å². The van der Waals surface area contributed by atoms with Crippen molar-refractivity contribution in [3.8, 4) is 0 Å². The lowest BCUT2D eigenvalue weighted by molar-refractivity contribution is 1.14. The smallest absolute Gasteiger partial charge is 0.0541 e. The molecule has 34 heavy (non-hydrogen) atoms. The standard InChI is InChI=1S/C32H28N2/c1-5-15-29-25(8-4)26-16-9-12-19-30(26)33(29)23(6-2)22-24(7-3)34-31-20-13-10-17-27(31)28-18-11-14-21-32(28)34/h5-22H,2,4H2,1,3H3/b15-5-,23-22+,24-7+. The molecule has 2 aromatic heterocycles. The summed E-state index contributed by atoms with van der Waals surface area (Å²) in [5, 5.41) is 3.68. The lowest BCUT2D eigenvalue weighted by Crippen LogP contribution is -2.01. The Balaban J connectivity index is 1.82. The molecule has 2 nitrogen and oxygen atoms in total. The lowest BCUT2D eigenvalue weighted by Gasteiger charge is -2.14. The van der Waals surface area contributed by atoms with Crippen molar-refractivity contribution in [3.05, 3.63) is 122 Å². The summed E-state index contributed by atoms with van der Waals surface area (Å²) in [7, 11) is 0. The molecule has 0 N–H and O–H groups in total. The summed E-state index contributed by atoms with van der Waals surface area (Å²) in [6.45, 7) is 12.4. The Morgan fingerprint density at radius 3 is 1.71 bits per heavy atom. The topological polar surface area (TPSA) is 9.86 Å². The molecule has 0 spiro atoms.